The third kappa shape index (κ3) is 3.08. The molecule has 140 valence electrons. The standard InChI is InChI=1S/C16H13F2N5O3S/c1-7(2)13-12(8-4-10(17)9(6-19)11(18)5-8)14-20-15(27(3,25)26)21-16(24)23(14)22-13/h4-5,7H,1-3H3,(H,20,21,24). The zero-order valence-electron chi connectivity index (χ0n) is 14.4. The van der Waals surface area contributed by atoms with Crippen molar-refractivity contribution in [2.75, 3.05) is 6.26 Å². The minimum absolute atomic E-state index is 0.0137. The van der Waals surface area contributed by atoms with E-state index in [9.17, 15) is 22.0 Å². The van der Waals surface area contributed by atoms with E-state index in [-0.39, 0.29) is 22.7 Å². The highest BCUT2D eigenvalue weighted by molar-refractivity contribution is 7.90. The molecule has 0 unspecified atom stereocenters. The summed E-state index contributed by atoms with van der Waals surface area (Å²) >= 11 is 0. The third-order valence-corrected chi connectivity index (χ3v) is 4.74. The molecule has 3 rings (SSSR count). The number of hydrogen-bond acceptors (Lipinski definition) is 6. The molecule has 0 radical (unpaired) electrons. The van der Waals surface area contributed by atoms with Crippen molar-refractivity contribution in [3.05, 3.63) is 45.5 Å². The average Bonchev–Trinajstić information content (AvgIpc) is 2.94. The number of benzene rings is 1. The van der Waals surface area contributed by atoms with Crippen molar-refractivity contribution in [2.45, 2.75) is 24.9 Å². The van der Waals surface area contributed by atoms with E-state index in [0.29, 0.717) is 5.69 Å². The summed E-state index contributed by atoms with van der Waals surface area (Å²) in [7, 11) is -3.85. The first-order valence-electron chi connectivity index (χ1n) is 7.67. The minimum Gasteiger partial charge on any atom is -0.281 e. The second-order valence-electron chi connectivity index (χ2n) is 6.20. The molecule has 2 aromatic heterocycles. The number of aromatic nitrogens is 4. The lowest BCUT2D eigenvalue weighted by atomic mass is 9.98. The highest BCUT2D eigenvalue weighted by Crippen LogP contribution is 2.33. The van der Waals surface area contributed by atoms with E-state index >= 15 is 0 Å². The first-order valence-corrected chi connectivity index (χ1v) is 9.56. The smallest absolute Gasteiger partial charge is 0.281 e. The first kappa shape index (κ1) is 18.7. The molecule has 0 aliphatic carbocycles. The van der Waals surface area contributed by atoms with Crippen molar-refractivity contribution >= 4 is 15.5 Å². The Morgan fingerprint density at radius 3 is 2.33 bits per heavy atom. The number of H-pyrrole nitrogens is 1. The Labute approximate surface area is 152 Å². The Morgan fingerprint density at radius 1 is 1.26 bits per heavy atom. The quantitative estimate of drug-likeness (QED) is 0.724. The van der Waals surface area contributed by atoms with Crippen molar-refractivity contribution in [1.29, 1.82) is 5.26 Å². The number of hydrogen-bond donors (Lipinski definition) is 1. The molecule has 0 fully saturated rings. The molecule has 0 aliphatic heterocycles. The van der Waals surface area contributed by atoms with Crippen molar-refractivity contribution < 1.29 is 17.2 Å². The molecular weight excluding hydrogens is 380 g/mol. The Bertz CT molecular complexity index is 1260. The lowest BCUT2D eigenvalue weighted by Crippen LogP contribution is -2.22. The average molecular weight is 393 g/mol. The maximum atomic E-state index is 14.1. The van der Waals surface area contributed by atoms with Gasteiger partial charge in [0.05, 0.1) is 11.3 Å². The number of nitrogens with one attached hydrogen (secondary N) is 1. The van der Waals surface area contributed by atoms with Crippen molar-refractivity contribution in [2.24, 2.45) is 0 Å². The van der Waals surface area contributed by atoms with Gasteiger partial charge in [-0.3, -0.25) is 4.98 Å². The van der Waals surface area contributed by atoms with E-state index in [2.05, 4.69) is 15.1 Å². The van der Waals surface area contributed by atoms with Gasteiger partial charge in [-0.15, -0.1) is 0 Å². The van der Waals surface area contributed by atoms with Crippen LogP contribution in [0.5, 0.6) is 0 Å². The van der Waals surface area contributed by atoms with Gasteiger partial charge in [-0.25, -0.2) is 22.0 Å². The fraction of sp³-hybridized carbons (Fsp3) is 0.250. The van der Waals surface area contributed by atoms with Gasteiger partial charge in [-0.2, -0.15) is 19.9 Å². The Balaban J connectivity index is 2.48. The highest BCUT2D eigenvalue weighted by Gasteiger charge is 2.24. The minimum atomic E-state index is -3.85. The van der Waals surface area contributed by atoms with Gasteiger partial charge in [-0.1, -0.05) is 13.8 Å². The molecule has 0 bridgehead atoms. The second-order valence-corrected chi connectivity index (χ2v) is 8.13. The maximum Gasteiger partial charge on any atom is 0.350 e. The van der Waals surface area contributed by atoms with Crippen LogP contribution in [0, 0.1) is 23.0 Å². The summed E-state index contributed by atoms with van der Waals surface area (Å²) < 4.78 is 52.6. The zero-order valence-corrected chi connectivity index (χ0v) is 15.2. The summed E-state index contributed by atoms with van der Waals surface area (Å²) in [4.78, 5) is 18.3. The molecule has 1 aromatic carbocycles. The molecule has 0 aliphatic rings. The molecule has 3 aromatic rings. The number of aromatic amines is 1. The van der Waals surface area contributed by atoms with Crippen molar-refractivity contribution in [1.82, 2.24) is 19.6 Å². The zero-order chi connectivity index (χ0) is 20.1. The largest absolute Gasteiger partial charge is 0.350 e. The van der Waals surface area contributed by atoms with Gasteiger partial charge >= 0.3 is 5.69 Å². The maximum absolute atomic E-state index is 14.1. The normalized spacial score (nSPS) is 11.9. The molecule has 27 heavy (non-hydrogen) atoms. The SMILES string of the molecule is CC(C)c1nn2c(=O)[nH]c(S(C)(=O)=O)nc2c1-c1cc(F)c(C#N)c(F)c1. The van der Waals surface area contributed by atoms with Crippen LogP contribution in [0.1, 0.15) is 31.0 Å². The first-order chi connectivity index (χ1) is 12.5. The van der Waals surface area contributed by atoms with Crippen LogP contribution in [0.25, 0.3) is 16.8 Å². The van der Waals surface area contributed by atoms with E-state index < -0.39 is 37.9 Å². The summed E-state index contributed by atoms with van der Waals surface area (Å²) in [5.41, 5.74) is -1.37. The number of nitrogens with zero attached hydrogens (tertiary/aromatic N) is 4. The molecule has 0 saturated carbocycles. The van der Waals surface area contributed by atoms with Crippen LogP contribution in [0.4, 0.5) is 8.78 Å². The summed E-state index contributed by atoms with van der Waals surface area (Å²) in [6.07, 6.45) is 0.863. The van der Waals surface area contributed by atoms with Crippen LogP contribution in [-0.2, 0) is 9.84 Å². The fourth-order valence-corrected chi connectivity index (χ4v) is 3.14. The van der Waals surface area contributed by atoms with Crippen LogP contribution in [-0.4, -0.2) is 34.3 Å². The fourth-order valence-electron chi connectivity index (χ4n) is 2.62. The van der Waals surface area contributed by atoms with Gasteiger partial charge in [0.15, 0.2) is 5.65 Å². The van der Waals surface area contributed by atoms with Crippen LogP contribution in [0.2, 0.25) is 0 Å². The Hall–Kier alpha value is -3.13. The van der Waals surface area contributed by atoms with Gasteiger partial charge in [0, 0.05) is 6.26 Å². The summed E-state index contributed by atoms with van der Waals surface area (Å²) in [6.45, 7) is 3.49. The van der Waals surface area contributed by atoms with Gasteiger partial charge < -0.3 is 0 Å². The molecule has 0 atom stereocenters. The lowest BCUT2D eigenvalue weighted by molar-refractivity contribution is 0.577. The highest BCUT2D eigenvalue weighted by atomic mass is 32.2. The molecule has 0 amide bonds. The van der Waals surface area contributed by atoms with E-state index in [1.54, 1.807) is 13.8 Å². The molecule has 0 saturated heterocycles. The van der Waals surface area contributed by atoms with E-state index in [1.165, 1.54) is 6.07 Å². The van der Waals surface area contributed by atoms with Crippen LogP contribution >= 0.6 is 0 Å². The van der Waals surface area contributed by atoms with Crippen LogP contribution < -0.4 is 5.69 Å². The van der Waals surface area contributed by atoms with Gasteiger partial charge in [0.2, 0.25) is 15.0 Å². The molecular formula is C16H13F2N5O3S. The van der Waals surface area contributed by atoms with Gasteiger partial charge in [0.25, 0.3) is 0 Å². The molecule has 0 spiro atoms. The monoisotopic (exact) mass is 393 g/mol. The summed E-state index contributed by atoms with van der Waals surface area (Å²) in [5.74, 6) is -2.45. The topological polar surface area (TPSA) is 121 Å². The number of rotatable bonds is 3. The predicted molar refractivity (Wildman–Crippen MR) is 90.9 cm³/mol. The number of fused-ring (bicyclic) bond motifs is 1. The Morgan fingerprint density at radius 2 is 1.85 bits per heavy atom. The van der Waals surface area contributed by atoms with Crippen molar-refractivity contribution in [3.63, 3.8) is 0 Å². The third-order valence-electron chi connectivity index (χ3n) is 3.84. The molecule has 8 nitrogen and oxygen atoms in total. The van der Waals surface area contributed by atoms with Gasteiger partial charge in [-0.05, 0) is 23.6 Å². The van der Waals surface area contributed by atoms with E-state index in [4.69, 9.17) is 5.26 Å². The van der Waals surface area contributed by atoms with E-state index in [0.717, 1.165) is 22.9 Å². The number of halogens is 2. The Kier molecular flexibility index (Phi) is 4.31. The summed E-state index contributed by atoms with van der Waals surface area (Å²) in [6, 6.07) is 3.28. The van der Waals surface area contributed by atoms with E-state index in [1.807, 2.05) is 0 Å². The van der Waals surface area contributed by atoms with Crippen molar-refractivity contribution in [3.8, 4) is 17.2 Å². The van der Waals surface area contributed by atoms with Crippen LogP contribution in [0.15, 0.2) is 22.1 Å². The molecule has 2 heterocycles. The number of nitriles is 1. The molecule has 11 heteroatoms. The second kappa shape index (κ2) is 6.24. The molecule has 1 N–H and O–H groups in total. The number of sulfone groups is 1. The predicted octanol–water partition coefficient (Wildman–Crippen LogP) is 1.76. The van der Waals surface area contributed by atoms with Crippen LogP contribution in [0.3, 0.4) is 0 Å². The lowest BCUT2D eigenvalue weighted by Gasteiger charge is -2.07. The van der Waals surface area contributed by atoms with Gasteiger partial charge in [0.1, 0.15) is 23.3 Å². The summed E-state index contributed by atoms with van der Waals surface area (Å²) in [5, 5.41) is 12.4.